The molecule has 0 radical (unpaired) electrons. The topological polar surface area (TPSA) is 110 Å². The molecular weight excluding hydrogens is 429 g/mol. The Morgan fingerprint density at radius 2 is 1.73 bits per heavy atom. The van der Waals surface area contributed by atoms with Crippen molar-refractivity contribution in [2.24, 2.45) is 23.7 Å². The molecule has 9 heteroatoms. The number of imide groups is 1. The number of carbonyl (C=O) groups excluding carboxylic acids is 3. The van der Waals surface area contributed by atoms with Crippen molar-refractivity contribution in [3.8, 4) is 0 Å². The SMILES string of the molecule is O=C(CC(c1cccc(F)c1)N1C(=O)C2C3C=CC(C3)C2C1=O)Nc1ccc([N+](=O)[O-])cc1. The minimum Gasteiger partial charge on any atom is -0.326 e. The van der Waals surface area contributed by atoms with Gasteiger partial charge in [0.1, 0.15) is 5.82 Å². The van der Waals surface area contributed by atoms with Gasteiger partial charge < -0.3 is 5.32 Å². The summed E-state index contributed by atoms with van der Waals surface area (Å²) >= 11 is 0. The van der Waals surface area contributed by atoms with Crippen molar-refractivity contribution >= 4 is 29.1 Å². The molecule has 2 fully saturated rings. The molecule has 2 aromatic carbocycles. The smallest absolute Gasteiger partial charge is 0.269 e. The fraction of sp³-hybridized carbons (Fsp3) is 0.292. The van der Waals surface area contributed by atoms with Gasteiger partial charge in [0, 0.05) is 17.8 Å². The van der Waals surface area contributed by atoms with Crippen LogP contribution in [0, 0.1) is 39.6 Å². The Bertz CT molecular complexity index is 1160. The molecule has 2 aromatic rings. The molecule has 0 spiro atoms. The van der Waals surface area contributed by atoms with Crippen molar-refractivity contribution in [2.75, 3.05) is 5.32 Å². The summed E-state index contributed by atoms with van der Waals surface area (Å²) in [5.41, 5.74) is 0.575. The van der Waals surface area contributed by atoms with E-state index in [1.165, 1.54) is 42.5 Å². The first kappa shape index (κ1) is 21.0. The van der Waals surface area contributed by atoms with E-state index >= 15 is 0 Å². The van der Waals surface area contributed by atoms with Crippen LogP contribution in [-0.4, -0.2) is 27.5 Å². The monoisotopic (exact) mass is 449 g/mol. The third-order valence-electron chi connectivity index (χ3n) is 6.79. The van der Waals surface area contributed by atoms with Gasteiger partial charge in [-0.3, -0.25) is 29.4 Å². The fourth-order valence-electron chi connectivity index (χ4n) is 5.36. The predicted molar refractivity (Wildman–Crippen MR) is 115 cm³/mol. The lowest BCUT2D eigenvalue weighted by atomic mass is 9.85. The van der Waals surface area contributed by atoms with E-state index in [2.05, 4.69) is 5.32 Å². The van der Waals surface area contributed by atoms with Crippen LogP contribution < -0.4 is 5.32 Å². The number of fused-ring (bicyclic) bond motifs is 5. The maximum Gasteiger partial charge on any atom is 0.269 e. The largest absolute Gasteiger partial charge is 0.326 e. The highest BCUT2D eigenvalue weighted by atomic mass is 19.1. The number of benzene rings is 2. The van der Waals surface area contributed by atoms with Crippen LogP contribution >= 0.6 is 0 Å². The van der Waals surface area contributed by atoms with Gasteiger partial charge in [-0.2, -0.15) is 0 Å². The Morgan fingerprint density at radius 1 is 1.09 bits per heavy atom. The van der Waals surface area contributed by atoms with Gasteiger partial charge in [0.2, 0.25) is 17.7 Å². The quantitative estimate of drug-likeness (QED) is 0.314. The van der Waals surface area contributed by atoms with Crippen LogP contribution in [0.4, 0.5) is 15.8 Å². The number of nitrogens with zero attached hydrogens (tertiary/aromatic N) is 2. The molecule has 1 saturated heterocycles. The summed E-state index contributed by atoms with van der Waals surface area (Å²) in [7, 11) is 0. The number of allylic oxidation sites excluding steroid dienone is 2. The number of anilines is 1. The highest BCUT2D eigenvalue weighted by Crippen LogP contribution is 2.54. The number of nitrogens with one attached hydrogen (secondary N) is 1. The number of hydrogen-bond acceptors (Lipinski definition) is 5. The minimum absolute atomic E-state index is 0.0172. The Balaban J connectivity index is 1.41. The van der Waals surface area contributed by atoms with Crippen molar-refractivity contribution in [2.45, 2.75) is 18.9 Å². The highest BCUT2D eigenvalue weighted by Gasteiger charge is 2.60. The summed E-state index contributed by atoms with van der Waals surface area (Å²) in [4.78, 5) is 50.9. The van der Waals surface area contributed by atoms with Crippen LogP contribution in [0.25, 0.3) is 0 Å². The Labute approximate surface area is 188 Å². The second-order valence-electron chi connectivity index (χ2n) is 8.67. The van der Waals surface area contributed by atoms with Crippen molar-refractivity contribution in [3.05, 3.63) is 82.2 Å². The van der Waals surface area contributed by atoms with Crippen molar-refractivity contribution in [1.29, 1.82) is 0 Å². The summed E-state index contributed by atoms with van der Waals surface area (Å²) in [6.07, 6.45) is 4.49. The van der Waals surface area contributed by atoms with Gasteiger partial charge in [-0.1, -0.05) is 24.3 Å². The van der Waals surface area contributed by atoms with Gasteiger partial charge in [0.15, 0.2) is 0 Å². The molecular formula is C24H20FN3O5. The van der Waals surface area contributed by atoms with Crippen LogP contribution in [0.1, 0.15) is 24.4 Å². The van der Waals surface area contributed by atoms with E-state index in [1.807, 2.05) is 12.2 Å². The second kappa shape index (κ2) is 7.91. The third-order valence-corrected chi connectivity index (χ3v) is 6.79. The van der Waals surface area contributed by atoms with Crippen molar-refractivity contribution in [3.63, 3.8) is 0 Å². The van der Waals surface area contributed by atoms with Crippen LogP contribution in [0.3, 0.4) is 0 Å². The number of nitro benzene ring substituents is 1. The van der Waals surface area contributed by atoms with E-state index in [0.717, 1.165) is 11.3 Å². The van der Waals surface area contributed by atoms with Gasteiger partial charge in [-0.05, 0) is 48.1 Å². The molecule has 5 unspecified atom stereocenters. The van der Waals surface area contributed by atoms with E-state index < -0.39 is 34.5 Å². The molecule has 1 heterocycles. The highest BCUT2D eigenvalue weighted by molar-refractivity contribution is 6.07. The summed E-state index contributed by atoms with van der Waals surface area (Å²) < 4.78 is 14.0. The molecule has 1 saturated carbocycles. The zero-order chi connectivity index (χ0) is 23.3. The molecule has 8 nitrogen and oxygen atoms in total. The van der Waals surface area contributed by atoms with E-state index in [4.69, 9.17) is 0 Å². The van der Waals surface area contributed by atoms with Gasteiger partial charge in [-0.25, -0.2) is 4.39 Å². The maximum absolute atomic E-state index is 14.0. The normalized spacial score (nSPS) is 25.9. The van der Waals surface area contributed by atoms with Gasteiger partial charge >= 0.3 is 0 Å². The summed E-state index contributed by atoms with van der Waals surface area (Å²) in [6, 6.07) is 9.91. The molecule has 2 bridgehead atoms. The summed E-state index contributed by atoms with van der Waals surface area (Å²) in [5, 5.41) is 13.5. The maximum atomic E-state index is 14.0. The number of rotatable bonds is 6. The predicted octanol–water partition coefficient (Wildman–Crippen LogP) is 3.61. The molecule has 5 rings (SSSR count). The van der Waals surface area contributed by atoms with Crippen molar-refractivity contribution < 1.29 is 23.7 Å². The van der Waals surface area contributed by atoms with Gasteiger partial charge in [0.05, 0.1) is 29.2 Å². The molecule has 3 amide bonds. The number of hydrogen-bond donors (Lipinski definition) is 1. The number of likely N-dealkylation sites (tertiary alicyclic amines) is 1. The van der Waals surface area contributed by atoms with E-state index in [0.29, 0.717) is 11.3 Å². The van der Waals surface area contributed by atoms with Gasteiger partial charge in [-0.15, -0.1) is 0 Å². The van der Waals surface area contributed by atoms with E-state index in [-0.39, 0.29) is 35.8 Å². The fourth-order valence-corrected chi connectivity index (χ4v) is 5.36. The van der Waals surface area contributed by atoms with Gasteiger partial charge in [0.25, 0.3) is 5.69 Å². The first-order valence-electron chi connectivity index (χ1n) is 10.7. The second-order valence-corrected chi connectivity index (χ2v) is 8.67. The van der Waals surface area contributed by atoms with Crippen LogP contribution in [0.5, 0.6) is 0 Å². The van der Waals surface area contributed by atoms with Crippen molar-refractivity contribution in [1.82, 2.24) is 4.90 Å². The lowest BCUT2D eigenvalue weighted by Gasteiger charge is -2.28. The number of amides is 3. The Morgan fingerprint density at radius 3 is 2.30 bits per heavy atom. The average Bonchev–Trinajstić information content (AvgIpc) is 3.46. The summed E-state index contributed by atoms with van der Waals surface area (Å²) in [6.45, 7) is 0. The average molecular weight is 449 g/mol. The van der Waals surface area contributed by atoms with E-state index in [1.54, 1.807) is 6.07 Å². The minimum atomic E-state index is -0.955. The molecule has 168 valence electrons. The number of carbonyl (C=O) groups is 3. The molecule has 1 N–H and O–H groups in total. The third kappa shape index (κ3) is 3.59. The molecule has 3 aliphatic rings. The lowest BCUT2D eigenvalue weighted by molar-refractivity contribution is -0.384. The number of halogens is 1. The molecule has 0 aromatic heterocycles. The zero-order valence-electron chi connectivity index (χ0n) is 17.4. The van der Waals surface area contributed by atoms with Crippen LogP contribution in [-0.2, 0) is 14.4 Å². The molecule has 1 aliphatic heterocycles. The standard InChI is InChI=1S/C24H20FN3O5/c25-16-3-1-2-13(11-16)19(12-20(29)26-17-6-8-18(9-7-17)28(32)33)27-23(30)21-14-4-5-15(10-14)22(21)24(27)31/h1-9,11,14-15,19,21-22H,10,12H2,(H,26,29). The number of nitro groups is 1. The first-order valence-corrected chi connectivity index (χ1v) is 10.7. The Hall–Kier alpha value is -3.88. The zero-order valence-corrected chi connectivity index (χ0v) is 17.4. The van der Waals surface area contributed by atoms with Crippen LogP contribution in [0.2, 0.25) is 0 Å². The molecule has 5 atom stereocenters. The number of non-ortho nitro benzene ring substituents is 1. The molecule has 33 heavy (non-hydrogen) atoms. The lowest BCUT2D eigenvalue weighted by Crippen LogP contribution is -2.38. The first-order chi connectivity index (χ1) is 15.8. The summed E-state index contributed by atoms with van der Waals surface area (Å²) in [5.74, 6) is -2.50. The Kier molecular flexibility index (Phi) is 5.03. The molecule has 2 aliphatic carbocycles. The van der Waals surface area contributed by atoms with Crippen LogP contribution in [0.15, 0.2) is 60.7 Å². The van der Waals surface area contributed by atoms with E-state index in [9.17, 15) is 28.9 Å².